The number of ether oxygens (including phenoxy) is 3. The van der Waals surface area contributed by atoms with Gasteiger partial charge in [-0.3, -0.25) is 0 Å². The van der Waals surface area contributed by atoms with Crippen LogP contribution in [-0.4, -0.2) is 38.2 Å². The molecule has 3 aromatic carbocycles. The maximum absolute atomic E-state index is 12.2. The Balaban J connectivity index is 1.77. The summed E-state index contributed by atoms with van der Waals surface area (Å²) >= 11 is 3.42. The van der Waals surface area contributed by atoms with Crippen molar-refractivity contribution in [3.05, 3.63) is 100 Å². The molecule has 0 amide bonds. The van der Waals surface area contributed by atoms with Crippen molar-refractivity contribution in [2.75, 3.05) is 20.8 Å². The molecule has 0 aliphatic rings. The molecular formula is C29H29BrN2O6. The van der Waals surface area contributed by atoms with Crippen LogP contribution in [0.5, 0.6) is 11.5 Å². The molecular weight excluding hydrogens is 552 g/mol. The topological polar surface area (TPSA) is 87.9 Å². The van der Waals surface area contributed by atoms with E-state index in [0.717, 1.165) is 21.3 Å². The van der Waals surface area contributed by atoms with Crippen LogP contribution in [0.15, 0.2) is 93.8 Å². The quantitative estimate of drug-likeness (QED) is 0.0775. The number of oxime groups is 2. The van der Waals surface area contributed by atoms with Gasteiger partial charge in [-0.25, -0.2) is 4.79 Å². The van der Waals surface area contributed by atoms with Crippen LogP contribution in [-0.2, 0) is 30.6 Å². The van der Waals surface area contributed by atoms with Crippen LogP contribution in [0.25, 0.3) is 5.57 Å². The summed E-state index contributed by atoms with van der Waals surface area (Å²) in [5.74, 6) is 0.892. The van der Waals surface area contributed by atoms with Crippen LogP contribution in [0.4, 0.5) is 0 Å². The fourth-order valence-corrected chi connectivity index (χ4v) is 3.64. The summed E-state index contributed by atoms with van der Waals surface area (Å²) in [6, 6.07) is 22.3. The maximum Gasteiger partial charge on any atom is 0.341 e. The van der Waals surface area contributed by atoms with Crippen molar-refractivity contribution in [3.63, 3.8) is 0 Å². The fourth-order valence-electron chi connectivity index (χ4n) is 3.38. The third-order valence-electron chi connectivity index (χ3n) is 5.17. The summed E-state index contributed by atoms with van der Waals surface area (Å²) in [7, 11) is 2.78. The molecule has 0 bridgehead atoms. The van der Waals surface area contributed by atoms with Gasteiger partial charge < -0.3 is 23.9 Å². The molecule has 0 saturated carbocycles. The van der Waals surface area contributed by atoms with Crippen LogP contribution in [0.3, 0.4) is 0 Å². The second-order valence-corrected chi connectivity index (χ2v) is 8.72. The van der Waals surface area contributed by atoms with Crippen molar-refractivity contribution in [3.8, 4) is 11.5 Å². The Hall–Kier alpha value is -4.11. The Morgan fingerprint density at radius 2 is 1.55 bits per heavy atom. The smallest absolute Gasteiger partial charge is 0.341 e. The van der Waals surface area contributed by atoms with Gasteiger partial charge in [0.25, 0.3) is 0 Å². The molecule has 0 fully saturated rings. The molecule has 0 spiro atoms. The molecule has 0 aliphatic heterocycles. The molecule has 0 saturated heterocycles. The van der Waals surface area contributed by atoms with Gasteiger partial charge in [-0.05, 0) is 67.9 Å². The second kappa shape index (κ2) is 14.6. The lowest BCUT2D eigenvalue weighted by molar-refractivity contribution is -0.133. The zero-order valence-electron chi connectivity index (χ0n) is 21.6. The number of nitrogens with zero attached hydrogens (tertiary/aromatic N) is 2. The first-order chi connectivity index (χ1) is 18.5. The van der Waals surface area contributed by atoms with E-state index in [-0.39, 0.29) is 12.2 Å². The van der Waals surface area contributed by atoms with E-state index in [4.69, 9.17) is 23.9 Å². The van der Waals surface area contributed by atoms with Crippen LogP contribution < -0.4 is 4.74 Å². The first-order valence-electron chi connectivity index (χ1n) is 11.8. The summed E-state index contributed by atoms with van der Waals surface area (Å²) in [5.41, 5.74) is 3.44. The number of methoxy groups -OCH3 is 2. The van der Waals surface area contributed by atoms with E-state index in [0.29, 0.717) is 29.3 Å². The van der Waals surface area contributed by atoms with Crippen LogP contribution in [0.2, 0.25) is 0 Å². The van der Waals surface area contributed by atoms with Gasteiger partial charge in [-0.15, -0.1) is 0 Å². The molecule has 3 rings (SSSR count). The predicted molar refractivity (Wildman–Crippen MR) is 150 cm³/mol. The molecule has 38 heavy (non-hydrogen) atoms. The third kappa shape index (κ3) is 7.94. The highest BCUT2D eigenvalue weighted by Gasteiger charge is 2.17. The van der Waals surface area contributed by atoms with E-state index in [1.54, 1.807) is 13.0 Å². The predicted octanol–water partition coefficient (Wildman–Crippen LogP) is 6.74. The number of halogens is 1. The van der Waals surface area contributed by atoms with Crippen molar-refractivity contribution in [2.45, 2.75) is 20.5 Å². The summed E-state index contributed by atoms with van der Waals surface area (Å²) in [6.45, 7) is 4.13. The lowest BCUT2D eigenvalue weighted by atomic mass is 10.0. The zero-order valence-corrected chi connectivity index (χ0v) is 23.2. The van der Waals surface area contributed by atoms with Gasteiger partial charge in [0, 0.05) is 15.6 Å². The Kier molecular flexibility index (Phi) is 10.9. The second-order valence-electron chi connectivity index (χ2n) is 7.80. The molecule has 0 N–H and O–H groups in total. The summed E-state index contributed by atoms with van der Waals surface area (Å²) < 4.78 is 16.8. The first kappa shape index (κ1) is 28.5. The molecule has 0 aliphatic carbocycles. The highest BCUT2D eigenvalue weighted by atomic mass is 79.9. The van der Waals surface area contributed by atoms with E-state index in [1.807, 2.05) is 73.7 Å². The van der Waals surface area contributed by atoms with Crippen molar-refractivity contribution >= 4 is 38.9 Å². The van der Waals surface area contributed by atoms with Gasteiger partial charge >= 0.3 is 5.97 Å². The Bertz CT molecular complexity index is 1300. The average molecular weight is 581 g/mol. The van der Waals surface area contributed by atoms with Crippen molar-refractivity contribution in [2.24, 2.45) is 10.3 Å². The van der Waals surface area contributed by atoms with Crippen molar-refractivity contribution < 1.29 is 28.7 Å². The summed E-state index contributed by atoms with van der Waals surface area (Å²) in [6.07, 6.45) is 1.34. The molecule has 0 atom stereocenters. The van der Waals surface area contributed by atoms with Gasteiger partial charge in [0.05, 0.1) is 20.5 Å². The molecule has 0 aromatic heterocycles. The normalized spacial score (nSPS) is 12.1. The number of benzene rings is 3. The number of hydrogen-bond donors (Lipinski definition) is 0. The lowest BCUT2D eigenvalue weighted by Gasteiger charge is -2.11. The Labute approximate surface area is 230 Å². The van der Waals surface area contributed by atoms with E-state index in [9.17, 15) is 4.79 Å². The van der Waals surface area contributed by atoms with Crippen LogP contribution in [0, 0.1) is 0 Å². The van der Waals surface area contributed by atoms with E-state index >= 15 is 0 Å². The molecule has 8 nitrogen and oxygen atoms in total. The van der Waals surface area contributed by atoms with Gasteiger partial charge in [0.2, 0.25) is 0 Å². The first-order valence-corrected chi connectivity index (χ1v) is 12.6. The number of carbonyl (C=O) groups is 1. The minimum absolute atomic E-state index is 0.105. The number of carbonyl (C=O) groups excluding carboxylic acids is 1. The monoisotopic (exact) mass is 580 g/mol. The van der Waals surface area contributed by atoms with Gasteiger partial charge in [0.1, 0.15) is 41.7 Å². The highest BCUT2D eigenvalue weighted by Crippen LogP contribution is 2.24. The Morgan fingerprint density at radius 3 is 2.18 bits per heavy atom. The fraction of sp³-hybridized carbons (Fsp3) is 0.207. The van der Waals surface area contributed by atoms with E-state index in [2.05, 4.69) is 26.2 Å². The lowest BCUT2D eigenvalue weighted by Crippen LogP contribution is -2.14. The minimum atomic E-state index is -0.516. The molecule has 9 heteroatoms. The van der Waals surface area contributed by atoms with Crippen LogP contribution in [0.1, 0.15) is 30.5 Å². The summed E-state index contributed by atoms with van der Waals surface area (Å²) in [4.78, 5) is 23.2. The van der Waals surface area contributed by atoms with Crippen molar-refractivity contribution in [1.82, 2.24) is 0 Å². The molecule has 0 radical (unpaired) electrons. The standard InChI is InChI=1S/C29H29BrN2O6/c1-5-36-32-28(21-10-14-24(15-11-21)38-25-16-12-23(30)13-17-25)20(2)31-37-18-22-8-6-7-9-26(22)27(19-34-3)29(33)35-4/h6-17,19H,5,18H2,1-4H3/b27-19+,31-20+,32-28-. The van der Waals surface area contributed by atoms with E-state index in [1.165, 1.54) is 20.5 Å². The number of hydrogen-bond acceptors (Lipinski definition) is 8. The molecule has 3 aromatic rings. The van der Waals surface area contributed by atoms with Gasteiger partial charge in [0.15, 0.2) is 0 Å². The minimum Gasteiger partial charge on any atom is -0.503 e. The van der Waals surface area contributed by atoms with Gasteiger partial charge in [-0.2, -0.15) is 0 Å². The highest BCUT2D eigenvalue weighted by molar-refractivity contribution is 9.10. The SMILES string of the molecule is CCO/N=C(/C(C)=N/OCc1ccccc1/C(=C\OC)C(=O)OC)c1ccc(Oc2ccc(Br)cc2)cc1. The number of esters is 1. The number of rotatable bonds is 12. The maximum atomic E-state index is 12.2. The van der Waals surface area contributed by atoms with Crippen LogP contribution >= 0.6 is 15.9 Å². The van der Waals surface area contributed by atoms with E-state index < -0.39 is 5.97 Å². The third-order valence-corrected chi connectivity index (χ3v) is 5.70. The van der Waals surface area contributed by atoms with Crippen molar-refractivity contribution in [1.29, 1.82) is 0 Å². The Morgan fingerprint density at radius 1 is 0.895 bits per heavy atom. The summed E-state index contributed by atoms with van der Waals surface area (Å²) in [5, 5.41) is 8.50. The molecule has 0 heterocycles. The zero-order chi connectivity index (χ0) is 27.3. The molecule has 0 unspecified atom stereocenters. The molecule has 198 valence electrons. The largest absolute Gasteiger partial charge is 0.503 e. The average Bonchev–Trinajstić information content (AvgIpc) is 2.94. The van der Waals surface area contributed by atoms with Gasteiger partial charge in [-0.1, -0.05) is 50.5 Å².